The molecule has 1 fully saturated rings. The number of aryl methyl sites for hydroxylation is 1. The molecule has 1 N–H and O–H groups in total. The van der Waals surface area contributed by atoms with E-state index in [0.29, 0.717) is 0 Å². The third-order valence-corrected chi connectivity index (χ3v) is 2.97. The summed E-state index contributed by atoms with van der Waals surface area (Å²) >= 11 is 0. The van der Waals surface area contributed by atoms with Crippen molar-refractivity contribution in [3.8, 4) is 5.75 Å². The number of piperidine rings is 1. The molecule has 1 aromatic carbocycles. The van der Waals surface area contributed by atoms with Crippen LogP contribution in [0.1, 0.15) is 18.4 Å². The molecule has 1 aliphatic heterocycles. The Bertz CT molecular complexity index is 293. The topological polar surface area (TPSA) is 21.3 Å². The van der Waals surface area contributed by atoms with E-state index in [-0.39, 0.29) is 12.4 Å². The minimum atomic E-state index is 0. The lowest BCUT2D eigenvalue weighted by atomic mass is 9.99. The van der Waals surface area contributed by atoms with Crippen molar-refractivity contribution in [3.05, 3.63) is 29.8 Å². The van der Waals surface area contributed by atoms with E-state index < -0.39 is 0 Å². The highest BCUT2D eigenvalue weighted by Gasteiger charge is 2.13. The lowest BCUT2D eigenvalue weighted by Gasteiger charge is -2.22. The SMILES string of the molecule is Cc1ccc(OCC2CCNCC2)cc1.Cl. The van der Waals surface area contributed by atoms with E-state index in [4.69, 9.17) is 4.74 Å². The van der Waals surface area contributed by atoms with Gasteiger partial charge in [0.1, 0.15) is 5.75 Å². The maximum Gasteiger partial charge on any atom is 0.119 e. The second-order valence-corrected chi connectivity index (χ2v) is 4.32. The molecule has 2 nitrogen and oxygen atoms in total. The van der Waals surface area contributed by atoms with Gasteiger partial charge in [-0.15, -0.1) is 12.4 Å². The van der Waals surface area contributed by atoms with Gasteiger partial charge in [0.05, 0.1) is 6.61 Å². The monoisotopic (exact) mass is 241 g/mol. The van der Waals surface area contributed by atoms with Crippen LogP contribution in [0.4, 0.5) is 0 Å². The molecule has 1 saturated heterocycles. The van der Waals surface area contributed by atoms with Gasteiger partial charge in [-0.05, 0) is 50.9 Å². The highest BCUT2D eigenvalue weighted by molar-refractivity contribution is 5.85. The Hall–Kier alpha value is -0.730. The van der Waals surface area contributed by atoms with E-state index in [1.807, 2.05) is 0 Å². The first-order chi connectivity index (χ1) is 7.34. The van der Waals surface area contributed by atoms with Crippen LogP contribution in [0.15, 0.2) is 24.3 Å². The highest BCUT2D eigenvalue weighted by atomic mass is 35.5. The number of hydrogen-bond acceptors (Lipinski definition) is 2. The largest absolute Gasteiger partial charge is 0.493 e. The van der Waals surface area contributed by atoms with E-state index in [1.165, 1.54) is 18.4 Å². The van der Waals surface area contributed by atoms with Crippen LogP contribution in [0, 0.1) is 12.8 Å². The second kappa shape index (κ2) is 6.77. The molecule has 1 aliphatic rings. The van der Waals surface area contributed by atoms with Crippen LogP contribution in [0.2, 0.25) is 0 Å². The minimum Gasteiger partial charge on any atom is -0.493 e. The van der Waals surface area contributed by atoms with Crippen molar-refractivity contribution < 1.29 is 4.74 Å². The molecule has 2 rings (SSSR count). The van der Waals surface area contributed by atoms with Gasteiger partial charge in [0, 0.05) is 0 Å². The normalized spacial score (nSPS) is 16.6. The Morgan fingerprint density at radius 3 is 2.44 bits per heavy atom. The molecule has 0 atom stereocenters. The van der Waals surface area contributed by atoms with Crippen molar-refractivity contribution in [3.63, 3.8) is 0 Å². The molecule has 16 heavy (non-hydrogen) atoms. The zero-order chi connectivity index (χ0) is 10.5. The fraction of sp³-hybridized carbons (Fsp3) is 0.538. The van der Waals surface area contributed by atoms with Crippen molar-refractivity contribution in [2.24, 2.45) is 5.92 Å². The molecular formula is C13H20ClNO. The molecule has 0 saturated carbocycles. The summed E-state index contributed by atoms with van der Waals surface area (Å²) in [5.41, 5.74) is 1.28. The number of ether oxygens (including phenoxy) is 1. The van der Waals surface area contributed by atoms with Gasteiger partial charge < -0.3 is 10.1 Å². The molecule has 0 amide bonds. The third kappa shape index (κ3) is 4.03. The van der Waals surface area contributed by atoms with Crippen LogP contribution < -0.4 is 10.1 Å². The predicted octanol–water partition coefficient (Wildman–Crippen LogP) is 2.80. The van der Waals surface area contributed by atoms with Crippen LogP contribution in [0.25, 0.3) is 0 Å². The second-order valence-electron chi connectivity index (χ2n) is 4.32. The van der Waals surface area contributed by atoms with Crippen LogP contribution in [-0.2, 0) is 0 Å². The molecule has 1 aromatic rings. The van der Waals surface area contributed by atoms with Crippen molar-refractivity contribution in [1.82, 2.24) is 5.32 Å². The average molecular weight is 242 g/mol. The van der Waals surface area contributed by atoms with Crippen molar-refractivity contribution in [2.45, 2.75) is 19.8 Å². The first-order valence-electron chi connectivity index (χ1n) is 5.75. The Labute approximate surface area is 104 Å². The molecule has 0 spiro atoms. The summed E-state index contributed by atoms with van der Waals surface area (Å²) in [5, 5.41) is 3.36. The molecule has 0 aliphatic carbocycles. The molecule has 0 radical (unpaired) electrons. The van der Waals surface area contributed by atoms with E-state index in [9.17, 15) is 0 Å². The van der Waals surface area contributed by atoms with Crippen molar-refractivity contribution in [1.29, 1.82) is 0 Å². The summed E-state index contributed by atoms with van der Waals surface area (Å²) in [7, 11) is 0. The first kappa shape index (κ1) is 13.3. The molecule has 0 unspecified atom stereocenters. The van der Waals surface area contributed by atoms with Gasteiger partial charge in [-0.1, -0.05) is 17.7 Å². The lowest BCUT2D eigenvalue weighted by Crippen LogP contribution is -2.30. The van der Waals surface area contributed by atoms with Crippen molar-refractivity contribution in [2.75, 3.05) is 19.7 Å². The Balaban J connectivity index is 0.00000128. The Kier molecular flexibility index (Phi) is 5.64. The number of nitrogens with one attached hydrogen (secondary N) is 1. The maximum absolute atomic E-state index is 5.77. The highest BCUT2D eigenvalue weighted by Crippen LogP contribution is 2.16. The van der Waals surface area contributed by atoms with E-state index in [2.05, 4.69) is 36.5 Å². The maximum atomic E-state index is 5.77. The molecular weight excluding hydrogens is 222 g/mol. The summed E-state index contributed by atoms with van der Waals surface area (Å²) in [4.78, 5) is 0. The van der Waals surface area contributed by atoms with Gasteiger partial charge in [-0.25, -0.2) is 0 Å². The Morgan fingerprint density at radius 2 is 1.81 bits per heavy atom. The number of halogens is 1. The van der Waals surface area contributed by atoms with Crippen LogP contribution in [-0.4, -0.2) is 19.7 Å². The number of rotatable bonds is 3. The molecule has 3 heteroatoms. The zero-order valence-electron chi connectivity index (χ0n) is 9.74. The smallest absolute Gasteiger partial charge is 0.119 e. The standard InChI is InChI=1S/C13H19NO.ClH/c1-11-2-4-13(5-3-11)15-10-12-6-8-14-9-7-12;/h2-5,12,14H,6-10H2,1H3;1H. The zero-order valence-corrected chi connectivity index (χ0v) is 10.6. The van der Waals surface area contributed by atoms with E-state index in [0.717, 1.165) is 31.4 Å². The quantitative estimate of drug-likeness (QED) is 0.879. The third-order valence-electron chi connectivity index (χ3n) is 2.97. The van der Waals surface area contributed by atoms with Gasteiger partial charge in [-0.3, -0.25) is 0 Å². The van der Waals surface area contributed by atoms with Crippen LogP contribution >= 0.6 is 12.4 Å². The van der Waals surface area contributed by atoms with Gasteiger partial charge in [0.2, 0.25) is 0 Å². The summed E-state index contributed by atoms with van der Waals surface area (Å²) in [5.74, 6) is 1.73. The fourth-order valence-electron chi connectivity index (χ4n) is 1.90. The van der Waals surface area contributed by atoms with Gasteiger partial charge in [0.15, 0.2) is 0 Å². The van der Waals surface area contributed by atoms with Crippen molar-refractivity contribution >= 4 is 12.4 Å². The summed E-state index contributed by atoms with van der Waals surface area (Å²) in [6, 6.07) is 8.29. The van der Waals surface area contributed by atoms with Gasteiger partial charge in [-0.2, -0.15) is 0 Å². The summed E-state index contributed by atoms with van der Waals surface area (Å²) in [6.45, 7) is 5.24. The number of benzene rings is 1. The van der Waals surface area contributed by atoms with Gasteiger partial charge >= 0.3 is 0 Å². The predicted molar refractivity (Wildman–Crippen MR) is 69.5 cm³/mol. The molecule has 0 aromatic heterocycles. The molecule has 0 bridgehead atoms. The van der Waals surface area contributed by atoms with Crippen LogP contribution in [0.5, 0.6) is 5.75 Å². The van der Waals surface area contributed by atoms with Gasteiger partial charge in [0.25, 0.3) is 0 Å². The van der Waals surface area contributed by atoms with Crippen LogP contribution in [0.3, 0.4) is 0 Å². The first-order valence-corrected chi connectivity index (χ1v) is 5.75. The Morgan fingerprint density at radius 1 is 1.19 bits per heavy atom. The number of hydrogen-bond donors (Lipinski definition) is 1. The lowest BCUT2D eigenvalue weighted by molar-refractivity contribution is 0.215. The minimum absolute atomic E-state index is 0. The fourth-order valence-corrected chi connectivity index (χ4v) is 1.90. The molecule has 90 valence electrons. The average Bonchev–Trinajstić information content (AvgIpc) is 2.30. The summed E-state index contributed by atoms with van der Waals surface area (Å²) < 4.78 is 5.77. The summed E-state index contributed by atoms with van der Waals surface area (Å²) in [6.07, 6.45) is 2.48. The molecule has 1 heterocycles. The van der Waals surface area contributed by atoms with E-state index in [1.54, 1.807) is 0 Å². The van der Waals surface area contributed by atoms with E-state index >= 15 is 0 Å².